The van der Waals surface area contributed by atoms with E-state index in [1.165, 1.54) is 0 Å². The Morgan fingerprint density at radius 1 is 1.44 bits per heavy atom. The molecule has 18 heavy (non-hydrogen) atoms. The number of carbonyl (C=O) groups is 1. The summed E-state index contributed by atoms with van der Waals surface area (Å²) in [4.78, 5) is 13.9. The molecule has 1 unspecified atom stereocenters. The van der Waals surface area contributed by atoms with Crippen LogP contribution in [0.1, 0.15) is 18.4 Å². The third kappa shape index (κ3) is 4.04. The predicted octanol–water partition coefficient (Wildman–Crippen LogP) is 2.01. The van der Waals surface area contributed by atoms with E-state index >= 15 is 0 Å². The minimum absolute atomic E-state index is 0.215. The highest BCUT2D eigenvalue weighted by atomic mass is 16.5. The second-order valence-corrected chi connectivity index (χ2v) is 4.81. The first-order valence-electron chi connectivity index (χ1n) is 6.40. The maximum absolute atomic E-state index is 11.6. The van der Waals surface area contributed by atoms with Gasteiger partial charge in [-0.2, -0.15) is 0 Å². The van der Waals surface area contributed by atoms with Crippen LogP contribution in [-0.2, 0) is 11.3 Å². The molecule has 0 spiro atoms. The SMILES string of the molecule is CN1CCCC(NC(=O)OCc2ccccc2)C1. The molecule has 98 valence electrons. The summed E-state index contributed by atoms with van der Waals surface area (Å²) in [6, 6.07) is 9.93. The van der Waals surface area contributed by atoms with E-state index in [2.05, 4.69) is 17.3 Å². The van der Waals surface area contributed by atoms with Crippen LogP contribution in [0.4, 0.5) is 4.79 Å². The van der Waals surface area contributed by atoms with Crippen LogP contribution < -0.4 is 5.32 Å². The van der Waals surface area contributed by atoms with E-state index in [4.69, 9.17) is 4.74 Å². The normalized spacial score (nSPS) is 20.4. The first-order valence-corrected chi connectivity index (χ1v) is 6.40. The highest BCUT2D eigenvalue weighted by Crippen LogP contribution is 2.08. The van der Waals surface area contributed by atoms with Gasteiger partial charge in [-0.15, -0.1) is 0 Å². The summed E-state index contributed by atoms with van der Waals surface area (Å²) < 4.78 is 5.20. The maximum atomic E-state index is 11.6. The Bertz CT molecular complexity index is 381. The number of benzene rings is 1. The summed E-state index contributed by atoms with van der Waals surface area (Å²) in [5.41, 5.74) is 1.01. The minimum Gasteiger partial charge on any atom is -0.445 e. The molecular formula is C14H20N2O2. The van der Waals surface area contributed by atoms with Gasteiger partial charge in [0, 0.05) is 12.6 Å². The van der Waals surface area contributed by atoms with Crippen LogP contribution in [0.15, 0.2) is 30.3 Å². The Hall–Kier alpha value is -1.55. The van der Waals surface area contributed by atoms with Crippen LogP contribution in [0, 0.1) is 0 Å². The number of likely N-dealkylation sites (tertiary alicyclic amines) is 1. The van der Waals surface area contributed by atoms with Gasteiger partial charge in [-0.25, -0.2) is 4.79 Å². The lowest BCUT2D eigenvalue weighted by atomic mass is 10.1. The Morgan fingerprint density at radius 2 is 2.22 bits per heavy atom. The van der Waals surface area contributed by atoms with Gasteiger partial charge < -0.3 is 15.0 Å². The van der Waals surface area contributed by atoms with E-state index in [9.17, 15) is 4.79 Å². The van der Waals surface area contributed by atoms with E-state index in [-0.39, 0.29) is 12.1 Å². The Labute approximate surface area is 108 Å². The number of likely N-dealkylation sites (N-methyl/N-ethyl adjacent to an activating group) is 1. The molecule has 1 N–H and O–H groups in total. The van der Waals surface area contributed by atoms with Crippen molar-refractivity contribution in [2.24, 2.45) is 0 Å². The van der Waals surface area contributed by atoms with Gasteiger partial charge in [0.05, 0.1) is 0 Å². The minimum atomic E-state index is -0.320. The fourth-order valence-corrected chi connectivity index (χ4v) is 2.22. The summed E-state index contributed by atoms with van der Waals surface area (Å²) in [6.45, 7) is 2.34. The number of alkyl carbamates (subject to hydrolysis) is 1. The molecule has 1 aliphatic heterocycles. The molecule has 0 saturated carbocycles. The zero-order valence-corrected chi connectivity index (χ0v) is 10.8. The number of rotatable bonds is 3. The number of piperidine rings is 1. The van der Waals surface area contributed by atoms with Crippen molar-refractivity contribution in [3.8, 4) is 0 Å². The van der Waals surface area contributed by atoms with Gasteiger partial charge in [0.1, 0.15) is 6.61 Å². The summed E-state index contributed by atoms with van der Waals surface area (Å²) >= 11 is 0. The molecule has 4 nitrogen and oxygen atoms in total. The summed E-state index contributed by atoms with van der Waals surface area (Å²) in [6.07, 6.45) is 1.84. The maximum Gasteiger partial charge on any atom is 0.407 e. The standard InChI is InChI=1S/C14H20N2O2/c1-16-9-5-8-13(10-16)15-14(17)18-11-12-6-3-2-4-7-12/h2-4,6-7,13H,5,8-11H2,1H3,(H,15,17). The molecule has 1 fully saturated rings. The molecule has 1 aliphatic rings. The van der Waals surface area contributed by atoms with Gasteiger partial charge in [-0.05, 0) is 32.0 Å². The van der Waals surface area contributed by atoms with Gasteiger partial charge in [0.15, 0.2) is 0 Å². The summed E-state index contributed by atoms with van der Waals surface area (Å²) in [5, 5.41) is 2.92. The van der Waals surface area contributed by atoms with E-state index in [0.29, 0.717) is 6.61 Å². The first-order chi connectivity index (χ1) is 8.74. The smallest absolute Gasteiger partial charge is 0.407 e. The van der Waals surface area contributed by atoms with Crippen molar-refractivity contribution in [3.63, 3.8) is 0 Å². The van der Waals surface area contributed by atoms with Crippen molar-refractivity contribution < 1.29 is 9.53 Å². The molecule has 1 aromatic rings. The van der Waals surface area contributed by atoms with Gasteiger partial charge in [-0.1, -0.05) is 30.3 Å². The van der Waals surface area contributed by atoms with Gasteiger partial charge in [0.25, 0.3) is 0 Å². The lowest BCUT2D eigenvalue weighted by molar-refractivity contribution is 0.127. The Morgan fingerprint density at radius 3 is 2.94 bits per heavy atom. The monoisotopic (exact) mass is 248 g/mol. The van der Waals surface area contributed by atoms with Crippen molar-refractivity contribution in [3.05, 3.63) is 35.9 Å². The molecule has 1 atom stereocenters. The number of nitrogens with one attached hydrogen (secondary N) is 1. The lowest BCUT2D eigenvalue weighted by Crippen LogP contribution is -2.46. The second kappa shape index (κ2) is 6.40. The number of amides is 1. The van der Waals surface area contributed by atoms with Crippen LogP contribution in [0.5, 0.6) is 0 Å². The van der Waals surface area contributed by atoms with Crippen molar-refractivity contribution in [2.45, 2.75) is 25.5 Å². The van der Waals surface area contributed by atoms with Gasteiger partial charge >= 0.3 is 6.09 Å². The molecule has 1 saturated heterocycles. The van der Waals surface area contributed by atoms with Crippen LogP contribution in [0.2, 0.25) is 0 Å². The number of hydrogen-bond donors (Lipinski definition) is 1. The fraction of sp³-hybridized carbons (Fsp3) is 0.500. The van der Waals surface area contributed by atoms with Crippen molar-refractivity contribution in [1.82, 2.24) is 10.2 Å². The average molecular weight is 248 g/mol. The number of nitrogens with zero attached hydrogens (tertiary/aromatic N) is 1. The number of hydrogen-bond acceptors (Lipinski definition) is 3. The van der Waals surface area contributed by atoms with Crippen molar-refractivity contribution >= 4 is 6.09 Å². The van der Waals surface area contributed by atoms with E-state index < -0.39 is 0 Å². The molecule has 0 bridgehead atoms. The highest BCUT2D eigenvalue weighted by molar-refractivity contribution is 5.67. The largest absolute Gasteiger partial charge is 0.445 e. The predicted molar refractivity (Wildman–Crippen MR) is 70.3 cm³/mol. The average Bonchev–Trinajstić information content (AvgIpc) is 2.38. The molecule has 0 aromatic heterocycles. The topological polar surface area (TPSA) is 41.6 Å². The Kier molecular flexibility index (Phi) is 4.59. The van der Waals surface area contributed by atoms with Crippen LogP contribution in [0.3, 0.4) is 0 Å². The number of ether oxygens (including phenoxy) is 1. The zero-order chi connectivity index (χ0) is 12.8. The Balaban J connectivity index is 1.72. The molecule has 0 radical (unpaired) electrons. The third-order valence-electron chi connectivity index (χ3n) is 3.16. The van der Waals surface area contributed by atoms with Gasteiger partial charge in [0.2, 0.25) is 0 Å². The molecular weight excluding hydrogens is 228 g/mol. The van der Waals surface area contributed by atoms with Crippen molar-refractivity contribution in [1.29, 1.82) is 0 Å². The second-order valence-electron chi connectivity index (χ2n) is 4.81. The first kappa shape index (κ1) is 12.9. The molecule has 1 amide bonds. The van der Waals surface area contributed by atoms with E-state index in [1.807, 2.05) is 30.3 Å². The van der Waals surface area contributed by atoms with Gasteiger partial charge in [-0.3, -0.25) is 0 Å². The molecule has 1 heterocycles. The van der Waals surface area contributed by atoms with Crippen LogP contribution >= 0.6 is 0 Å². The molecule has 0 aliphatic carbocycles. The van der Waals surface area contributed by atoms with Crippen molar-refractivity contribution in [2.75, 3.05) is 20.1 Å². The molecule has 1 aromatic carbocycles. The van der Waals surface area contributed by atoms with E-state index in [0.717, 1.165) is 31.5 Å². The third-order valence-corrected chi connectivity index (χ3v) is 3.16. The van der Waals surface area contributed by atoms with Crippen LogP contribution in [-0.4, -0.2) is 37.2 Å². The van der Waals surface area contributed by atoms with Crippen LogP contribution in [0.25, 0.3) is 0 Å². The highest BCUT2D eigenvalue weighted by Gasteiger charge is 2.19. The molecule has 4 heteroatoms. The quantitative estimate of drug-likeness (QED) is 0.889. The fourth-order valence-electron chi connectivity index (χ4n) is 2.22. The lowest BCUT2D eigenvalue weighted by Gasteiger charge is -2.29. The summed E-state index contributed by atoms with van der Waals surface area (Å²) in [7, 11) is 2.07. The van der Waals surface area contributed by atoms with E-state index in [1.54, 1.807) is 0 Å². The zero-order valence-electron chi connectivity index (χ0n) is 10.8. The summed E-state index contributed by atoms with van der Waals surface area (Å²) in [5.74, 6) is 0. The number of carbonyl (C=O) groups excluding carboxylic acids is 1. The molecule has 2 rings (SSSR count).